The number of fused-ring (bicyclic) bond motifs is 1. The SMILES string of the molecule is NC(c1ccccc1C(F)(F)F)c1csc2ccccc12. The van der Waals surface area contributed by atoms with E-state index in [1.54, 1.807) is 6.07 Å². The number of halogens is 3. The minimum Gasteiger partial charge on any atom is -0.320 e. The largest absolute Gasteiger partial charge is 0.416 e. The molecule has 2 N–H and O–H groups in total. The number of rotatable bonds is 2. The van der Waals surface area contributed by atoms with Gasteiger partial charge in [-0.25, -0.2) is 0 Å². The highest BCUT2D eigenvalue weighted by Gasteiger charge is 2.34. The molecular formula is C16H12F3NS. The van der Waals surface area contributed by atoms with Crippen LogP contribution in [0.25, 0.3) is 10.1 Å². The van der Waals surface area contributed by atoms with Crippen LogP contribution in [0.4, 0.5) is 13.2 Å². The summed E-state index contributed by atoms with van der Waals surface area (Å²) in [6.45, 7) is 0. The third-order valence-corrected chi connectivity index (χ3v) is 4.43. The van der Waals surface area contributed by atoms with Gasteiger partial charge >= 0.3 is 6.18 Å². The predicted octanol–water partition coefficient (Wildman–Crippen LogP) is 4.97. The van der Waals surface area contributed by atoms with Crippen molar-refractivity contribution in [3.63, 3.8) is 0 Å². The summed E-state index contributed by atoms with van der Waals surface area (Å²) in [4.78, 5) is 0. The van der Waals surface area contributed by atoms with E-state index >= 15 is 0 Å². The van der Waals surface area contributed by atoms with Crippen molar-refractivity contribution >= 4 is 21.4 Å². The second kappa shape index (κ2) is 5.16. The molecule has 0 bridgehead atoms. The maximum absolute atomic E-state index is 13.1. The van der Waals surface area contributed by atoms with E-state index in [1.165, 1.54) is 23.5 Å². The standard InChI is InChI=1S/C16H12F3NS/c17-16(18,19)13-7-3-1-6-11(13)15(20)12-9-21-14-8-4-2-5-10(12)14/h1-9,15H,20H2. The zero-order chi connectivity index (χ0) is 15.0. The van der Waals surface area contributed by atoms with Crippen LogP contribution in [-0.4, -0.2) is 0 Å². The molecular weight excluding hydrogens is 295 g/mol. The van der Waals surface area contributed by atoms with Crippen LogP contribution in [0.15, 0.2) is 53.9 Å². The Kier molecular flexibility index (Phi) is 3.47. The fourth-order valence-corrected chi connectivity index (χ4v) is 3.43. The van der Waals surface area contributed by atoms with Gasteiger partial charge in [0, 0.05) is 4.70 Å². The Balaban J connectivity index is 2.13. The van der Waals surface area contributed by atoms with Gasteiger partial charge < -0.3 is 5.73 Å². The zero-order valence-corrected chi connectivity index (χ0v) is 11.7. The molecule has 1 aromatic heterocycles. The van der Waals surface area contributed by atoms with Crippen molar-refractivity contribution in [2.75, 3.05) is 0 Å². The van der Waals surface area contributed by atoms with E-state index in [0.717, 1.165) is 21.7 Å². The third kappa shape index (κ3) is 2.54. The quantitative estimate of drug-likeness (QED) is 0.711. The summed E-state index contributed by atoms with van der Waals surface area (Å²) in [6.07, 6.45) is -4.40. The predicted molar refractivity (Wildman–Crippen MR) is 79.3 cm³/mol. The van der Waals surface area contributed by atoms with Gasteiger partial charge in [-0.05, 0) is 34.0 Å². The van der Waals surface area contributed by atoms with Gasteiger partial charge in [-0.15, -0.1) is 11.3 Å². The molecule has 0 saturated carbocycles. The monoisotopic (exact) mass is 307 g/mol. The van der Waals surface area contributed by atoms with Crippen LogP contribution in [0, 0.1) is 0 Å². The van der Waals surface area contributed by atoms with Gasteiger partial charge in [-0.2, -0.15) is 13.2 Å². The summed E-state index contributed by atoms with van der Waals surface area (Å²) in [5, 5.41) is 2.75. The first kappa shape index (κ1) is 14.1. The van der Waals surface area contributed by atoms with Gasteiger partial charge in [-0.3, -0.25) is 0 Å². The first-order valence-electron chi connectivity index (χ1n) is 6.36. The average molecular weight is 307 g/mol. The van der Waals surface area contributed by atoms with E-state index in [0.29, 0.717) is 0 Å². The van der Waals surface area contributed by atoms with E-state index in [-0.39, 0.29) is 5.56 Å². The number of nitrogens with two attached hydrogens (primary N) is 1. The van der Waals surface area contributed by atoms with Crippen molar-refractivity contribution in [2.24, 2.45) is 5.73 Å². The molecule has 0 amide bonds. The average Bonchev–Trinajstić information content (AvgIpc) is 2.89. The molecule has 0 spiro atoms. The van der Waals surface area contributed by atoms with E-state index < -0.39 is 17.8 Å². The third-order valence-electron chi connectivity index (χ3n) is 3.45. The Morgan fingerprint density at radius 3 is 2.33 bits per heavy atom. The van der Waals surface area contributed by atoms with Crippen LogP contribution in [0.2, 0.25) is 0 Å². The summed E-state index contributed by atoms with van der Waals surface area (Å²) >= 11 is 1.49. The molecule has 3 rings (SSSR count). The van der Waals surface area contributed by atoms with Crippen molar-refractivity contribution in [1.82, 2.24) is 0 Å². The van der Waals surface area contributed by atoms with Gasteiger partial charge in [0.1, 0.15) is 0 Å². The molecule has 1 unspecified atom stereocenters. The van der Waals surface area contributed by atoms with E-state index in [1.807, 2.05) is 29.6 Å². The molecule has 1 nitrogen and oxygen atoms in total. The second-order valence-electron chi connectivity index (χ2n) is 4.75. The number of hydrogen-bond acceptors (Lipinski definition) is 2. The highest BCUT2D eigenvalue weighted by Crippen LogP contribution is 2.38. The lowest BCUT2D eigenvalue weighted by Crippen LogP contribution is -2.18. The maximum atomic E-state index is 13.1. The Morgan fingerprint density at radius 2 is 1.57 bits per heavy atom. The van der Waals surface area contributed by atoms with E-state index in [4.69, 9.17) is 5.73 Å². The normalized spacial score (nSPS) is 13.5. The molecule has 3 aromatic rings. The number of thiophene rings is 1. The first-order chi connectivity index (χ1) is 9.98. The molecule has 0 aliphatic carbocycles. The number of alkyl halides is 3. The molecule has 0 aliphatic rings. The van der Waals surface area contributed by atoms with Gasteiger partial charge in [0.15, 0.2) is 0 Å². The zero-order valence-electron chi connectivity index (χ0n) is 10.9. The topological polar surface area (TPSA) is 26.0 Å². The summed E-state index contributed by atoms with van der Waals surface area (Å²) < 4.78 is 40.4. The fraction of sp³-hybridized carbons (Fsp3) is 0.125. The molecule has 21 heavy (non-hydrogen) atoms. The Bertz CT molecular complexity index is 776. The molecule has 0 aliphatic heterocycles. The van der Waals surface area contributed by atoms with Gasteiger partial charge in [-0.1, -0.05) is 36.4 Å². The highest BCUT2D eigenvalue weighted by atomic mass is 32.1. The molecule has 5 heteroatoms. The second-order valence-corrected chi connectivity index (χ2v) is 5.66. The summed E-state index contributed by atoms with van der Waals surface area (Å²) in [5.41, 5.74) is 6.29. The molecule has 108 valence electrons. The summed E-state index contributed by atoms with van der Waals surface area (Å²) in [7, 11) is 0. The summed E-state index contributed by atoms with van der Waals surface area (Å²) in [5.74, 6) is 0. The van der Waals surface area contributed by atoms with Crippen LogP contribution in [0.3, 0.4) is 0 Å². The first-order valence-corrected chi connectivity index (χ1v) is 7.24. The lowest BCUT2D eigenvalue weighted by atomic mass is 9.94. The number of hydrogen-bond donors (Lipinski definition) is 1. The molecule has 0 saturated heterocycles. The molecule has 1 heterocycles. The van der Waals surface area contributed by atoms with Crippen molar-refractivity contribution < 1.29 is 13.2 Å². The van der Waals surface area contributed by atoms with Crippen LogP contribution in [0.1, 0.15) is 22.7 Å². The van der Waals surface area contributed by atoms with Crippen molar-refractivity contribution in [3.05, 3.63) is 70.6 Å². The van der Waals surface area contributed by atoms with Crippen molar-refractivity contribution in [2.45, 2.75) is 12.2 Å². The number of benzene rings is 2. The van der Waals surface area contributed by atoms with Crippen LogP contribution in [0.5, 0.6) is 0 Å². The Morgan fingerprint density at radius 1 is 0.905 bits per heavy atom. The molecule has 0 radical (unpaired) electrons. The van der Waals surface area contributed by atoms with Gasteiger partial charge in [0.25, 0.3) is 0 Å². The van der Waals surface area contributed by atoms with Crippen LogP contribution < -0.4 is 5.73 Å². The minimum atomic E-state index is -4.40. The molecule has 0 fully saturated rings. The maximum Gasteiger partial charge on any atom is 0.416 e. The fourth-order valence-electron chi connectivity index (χ4n) is 2.43. The Hall–Kier alpha value is -1.85. The van der Waals surface area contributed by atoms with Gasteiger partial charge in [0.2, 0.25) is 0 Å². The van der Waals surface area contributed by atoms with Crippen molar-refractivity contribution in [3.8, 4) is 0 Å². The molecule has 2 aromatic carbocycles. The Labute approximate surface area is 123 Å². The minimum absolute atomic E-state index is 0.105. The van der Waals surface area contributed by atoms with Crippen molar-refractivity contribution in [1.29, 1.82) is 0 Å². The highest BCUT2D eigenvalue weighted by molar-refractivity contribution is 7.17. The lowest BCUT2D eigenvalue weighted by molar-refractivity contribution is -0.138. The lowest BCUT2D eigenvalue weighted by Gasteiger charge is -2.18. The smallest absolute Gasteiger partial charge is 0.320 e. The van der Waals surface area contributed by atoms with E-state index in [2.05, 4.69) is 0 Å². The van der Waals surface area contributed by atoms with Gasteiger partial charge in [0.05, 0.1) is 11.6 Å². The van der Waals surface area contributed by atoms with Crippen LogP contribution >= 0.6 is 11.3 Å². The summed E-state index contributed by atoms with van der Waals surface area (Å²) in [6, 6.07) is 12.3. The van der Waals surface area contributed by atoms with E-state index in [9.17, 15) is 13.2 Å². The molecule has 1 atom stereocenters. The van der Waals surface area contributed by atoms with Crippen LogP contribution in [-0.2, 0) is 6.18 Å².